The van der Waals surface area contributed by atoms with Crippen LogP contribution in [-0.2, 0) is 13.0 Å². The van der Waals surface area contributed by atoms with Gasteiger partial charge in [0, 0.05) is 23.7 Å². The Morgan fingerprint density at radius 2 is 2.21 bits per heavy atom. The molecule has 98 valence electrons. The van der Waals surface area contributed by atoms with Crippen molar-refractivity contribution < 1.29 is 4.79 Å². The van der Waals surface area contributed by atoms with E-state index in [2.05, 4.69) is 11.4 Å². The van der Waals surface area contributed by atoms with Crippen molar-refractivity contribution in [1.82, 2.24) is 4.90 Å². The van der Waals surface area contributed by atoms with Crippen LogP contribution in [-0.4, -0.2) is 17.4 Å². The third-order valence-electron chi connectivity index (χ3n) is 3.53. The molecule has 0 saturated heterocycles. The van der Waals surface area contributed by atoms with Gasteiger partial charge in [0.15, 0.2) is 0 Å². The molecule has 1 aromatic heterocycles. The quantitative estimate of drug-likeness (QED) is 0.811. The highest BCUT2D eigenvalue weighted by atomic mass is 32.1. The van der Waals surface area contributed by atoms with Crippen molar-refractivity contribution in [1.29, 1.82) is 0 Å². The van der Waals surface area contributed by atoms with Crippen LogP contribution in [0.25, 0.3) is 0 Å². The molecule has 0 atom stereocenters. The van der Waals surface area contributed by atoms with E-state index in [4.69, 9.17) is 5.73 Å². The first kappa shape index (κ1) is 12.2. The maximum Gasteiger partial charge on any atom is 0.256 e. The number of hydrogen-bond donors (Lipinski definition) is 1. The summed E-state index contributed by atoms with van der Waals surface area (Å²) in [6.45, 7) is 3.45. The summed E-state index contributed by atoms with van der Waals surface area (Å²) in [4.78, 5) is 15.8. The molecule has 1 amide bonds. The molecular weight excluding hydrogens is 256 g/mol. The van der Waals surface area contributed by atoms with Crippen LogP contribution >= 0.6 is 11.3 Å². The Morgan fingerprint density at radius 3 is 3.05 bits per heavy atom. The summed E-state index contributed by atoms with van der Waals surface area (Å²) in [5.74, 6) is 0.0399. The lowest BCUT2D eigenvalue weighted by atomic mass is 10.1. The summed E-state index contributed by atoms with van der Waals surface area (Å²) < 4.78 is 0. The molecule has 0 aliphatic carbocycles. The second-order valence-corrected chi connectivity index (χ2v) is 5.94. The zero-order valence-electron chi connectivity index (χ0n) is 10.8. The Morgan fingerprint density at radius 1 is 1.37 bits per heavy atom. The van der Waals surface area contributed by atoms with E-state index in [-0.39, 0.29) is 5.91 Å². The Bertz CT molecular complexity index is 633. The second kappa shape index (κ2) is 4.70. The fraction of sp³-hybridized carbons (Fsp3) is 0.267. The molecule has 0 spiro atoms. The van der Waals surface area contributed by atoms with Gasteiger partial charge in [-0.15, -0.1) is 11.3 Å². The number of fused-ring (bicyclic) bond motifs is 1. The third kappa shape index (κ3) is 2.24. The van der Waals surface area contributed by atoms with Gasteiger partial charge in [0.05, 0.1) is 5.56 Å². The molecule has 0 radical (unpaired) electrons. The second-order valence-electron chi connectivity index (χ2n) is 4.94. The number of hydrogen-bond acceptors (Lipinski definition) is 3. The molecule has 0 fully saturated rings. The molecule has 2 aromatic rings. The van der Waals surface area contributed by atoms with Gasteiger partial charge in [-0.3, -0.25) is 4.79 Å². The molecule has 3 nitrogen and oxygen atoms in total. The van der Waals surface area contributed by atoms with Crippen molar-refractivity contribution in [2.24, 2.45) is 0 Å². The van der Waals surface area contributed by atoms with Gasteiger partial charge in [0.2, 0.25) is 0 Å². The lowest BCUT2D eigenvalue weighted by molar-refractivity contribution is 0.0737. The summed E-state index contributed by atoms with van der Waals surface area (Å²) in [5, 5.41) is 2.10. The molecule has 2 heterocycles. The summed E-state index contributed by atoms with van der Waals surface area (Å²) in [7, 11) is 0. The highest BCUT2D eigenvalue weighted by molar-refractivity contribution is 7.10. The van der Waals surface area contributed by atoms with E-state index in [9.17, 15) is 4.79 Å². The number of anilines is 1. The van der Waals surface area contributed by atoms with Crippen LogP contribution in [0, 0.1) is 6.92 Å². The van der Waals surface area contributed by atoms with Crippen molar-refractivity contribution >= 4 is 22.9 Å². The van der Waals surface area contributed by atoms with Gasteiger partial charge >= 0.3 is 0 Å². The molecule has 0 saturated carbocycles. The summed E-state index contributed by atoms with van der Waals surface area (Å²) >= 11 is 1.78. The van der Waals surface area contributed by atoms with Crippen LogP contribution in [0.1, 0.15) is 26.4 Å². The average Bonchev–Trinajstić information content (AvgIpc) is 2.88. The number of nitrogen functional groups attached to an aromatic ring is 1. The number of nitrogens with zero attached hydrogens (tertiary/aromatic N) is 1. The van der Waals surface area contributed by atoms with Crippen molar-refractivity contribution in [2.75, 3.05) is 12.3 Å². The maximum atomic E-state index is 12.6. The van der Waals surface area contributed by atoms with Crippen molar-refractivity contribution in [3.05, 3.63) is 51.2 Å². The van der Waals surface area contributed by atoms with Gasteiger partial charge in [0.25, 0.3) is 5.91 Å². The van der Waals surface area contributed by atoms with Gasteiger partial charge in [-0.1, -0.05) is 11.6 Å². The van der Waals surface area contributed by atoms with Crippen molar-refractivity contribution in [3.63, 3.8) is 0 Å². The summed E-state index contributed by atoms with van der Waals surface area (Å²) in [5.41, 5.74) is 9.45. The zero-order valence-corrected chi connectivity index (χ0v) is 11.7. The van der Waals surface area contributed by atoms with Crippen molar-refractivity contribution in [2.45, 2.75) is 19.9 Å². The SMILES string of the molecule is Cc1ccc(N)c(C(=O)N2CCc3sccc3C2)c1. The number of benzene rings is 1. The molecule has 1 aliphatic heterocycles. The highest BCUT2D eigenvalue weighted by Crippen LogP contribution is 2.26. The summed E-state index contributed by atoms with van der Waals surface area (Å²) in [6.07, 6.45) is 0.949. The summed E-state index contributed by atoms with van der Waals surface area (Å²) in [6, 6.07) is 7.72. The van der Waals surface area contributed by atoms with E-state index < -0.39 is 0 Å². The minimum Gasteiger partial charge on any atom is -0.398 e. The molecule has 1 aliphatic rings. The molecule has 19 heavy (non-hydrogen) atoms. The highest BCUT2D eigenvalue weighted by Gasteiger charge is 2.23. The molecule has 3 rings (SSSR count). The van der Waals surface area contributed by atoms with E-state index >= 15 is 0 Å². The van der Waals surface area contributed by atoms with Crippen molar-refractivity contribution in [3.8, 4) is 0 Å². The van der Waals surface area contributed by atoms with Crippen LogP contribution in [0.5, 0.6) is 0 Å². The Hall–Kier alpha value is -1.81. The van der Waals surface area contributed by atoms with Crippen LogP contribution in [0.15, 0.2) is 29.6 Å². The monoisotopic (exact) mass is 272 g/mol. The largest absolute Gasteiger partial charge is 0.398 e. The van der Waals surface area contributed by atoms with Crippen LogP contribution in [0.2, 0.25) is 0 Å². The fourth-order valence-electron chi connectivity index (χ4n) is 2.45. The van der Waals surface area contributed by atoms with E-state index in [1.165, 1.54) is 10.4 Å². The first-order chi connectivity index (χ1) is 9.15. The number of carbonyl (C=O) groups is 1. The fourth-order valence-corrected chi connectivity index (χ4v) is 3.34. The van der Waals surface area contributed by atoms with Crippen LogP contribution < -0.4 is 5.73 Å². The van der Waals surface area contributed by atoms with E-state index in [0.717, 1.165) is 18.5 Å². The molecule has 0 bridgehead atoms. The predicted octanol–water partition coefficient (Wildman–Crippen LogP) is 2.84. The van der Waals surface area contributed by atoms with Gasteiger partial charge in [-0.2, -0.15) is 0 Å². The molecule has 1 aromatic carbocycles. The lowest BCUT2D eigenvalue weighted by Crippen LogP contribution is -2.35. The van der Waals surface area contributed by atoms with E-state index in [1.54, 1.807) is 11.3 Å². The average molecular weight is 272 g/mol. The van der Waals surface area contributed by atoms with Crippen LogP contribution in [0.4, 0.5) is 5.69 Å². The Labute approximate surface area is 116 Å². The predicted molar refractivity (Wildman–Crippen MR) is 78.4 cm³/mol. The Balaban J connectivity index is 1.87. The first-order valence-corrected chi connectivity index (χ1v) is 7.24. The van der Waals surface area contributed by atoms with Gasteiger partial charge in [0.1, 0.15) is 0 Å². The lowest BCUT2D eigenvalue weighted by Gasteiger charge is -2.27. The number of rotatable bonds is 1. The number of carbonyl (C=O) groups excluding carboxylic acids is 1. The molecule has 2 N–H and O–H groups in total. The normalized spacial score (nSPS) is 14.3. The number of thiophene rings is 1. The minimum atomic E-state index is 0.0399. The smallest absolute Gasteiger partial charge is 0.256 e. The van der Waals surface area contributed by atoms with Gasteiger partial charge in [-0.05, 0) is 42.5 Å². The van der Waals surface area contributed by atoms with E-state index in [0.29, 0.717) is 17.8 Å². The van der Waals surface area contributed by atoms with Gasteiger partial charge in [-0.25, -0.2) is 0 Å². The standard InChI is InChI=1S/C15H16N2OS/c1-10-2-3-13(16)12(8-10)15(18)17-6-4-14-11(9-17)5-7-19-14/h2-3,5,7-8H,4,6,9,16H2,1H3. The molecule has 4 heteroatoms. The number of aryl methyl sites for hydroxylation is 1. The van der Waals surface area contributed by atoms with E-state index in [1.807, 2.05) is 30.0 Å². The number of amides is 1. The number of nitrogens with two attached hydrogens (primary N) is 1. The Kier molecular flexibility index (Phi) is 3.03. The minimum absolute atomic E-state index is 0.0399. The van der Waals surface area contributed by atoms with Crippen LogP contribution in [0.3, 0.4) is 0 Å². The first-order valence-electron chi connectivity index (χ1n) is 6.36. The molecule has 0 unspecified atom stereocenters. The third-order valence-corrected chi connectivity index (χ3v) is 4.56. The van der Waals surface area contributed by atoms with Gasteiger partial charge < -0.3 is 10.6 Å². The maximum absolute atomic E-state index is 12.6. The molecular formula is C15H16N2OS. The zero-order chi connectivity index (χ0) is 13.4. The topological polar surface area (TPSA) is 46.3 Å².